The summed E-state index contributed by atoms with van der Waals surface area (Å²) in [5.41, 5.74) is 0. The zero-order chi connectivity index (χ0) is 14.5. The quantitative estimate of drug-likeness (QED) is 0.410. The highest BCUT2D eigenvalue weighted by Gasteiger charge is 2.09. The molecule has 0 saturated heterocycles. The maximum Gasteiger partial charge on any atom is 0.0537 e. The van der Waals surface area contributed by atoms with Crippen LogP contribution in [0.2, 0.25) is 0 Å². The molecule has 1 nitrogen and oxygen atoms in total. The predicted molar refractivity (Wildman–Crippen MR) is 86.5 cm³/mol. The molecule has 0 aliphatic rings. The van der Waals surface area contributed by atoms with Crippen molar-refractivity contribution in [3.8, 4) is 0 Å². The SMILES string of the molecule is CCCCCCCCC[C@H](C)CCC[C@H](C)[C@H](C)O. The van der Waals surface area contributed by atoms with Gasteiger partial charge in [0.25, 0.3) is 0 Å². The van der Waals surface area contributed by atoms with E-state index in [1.807, 2.05) is 6.92 Å². The van der Waals surface area contributed by atoms with E-state index < -0.39 is 0 Å². The van der Waals surface area contributed by atoms with Crippen LogP contribution < -0.4 is 0 Å². The number of hydrogen-bond donors (Lipinski definition) is 1. The summed E-state index contributed by atoms with van der Waals surface area (Å²) in [6.07, 6.45) is 15.0. The van der Waals surface area contributed by atoms with Crippen molar-refractivity contribution in [3.05, 3.63) is 0 Å². The average molecular weight is 271 g/mol. The van der Waals surface area contributed by atoms with Crippen molar-refractivity contribution in [1.29, 1.82) is 0 Å². The summed E-state index contributed by atoms with van der Waals surface area (Å²) in [6, 6.07) is 0. The molecule has 3 atom stereocenters. The molecule has 0 bridgehead atoms. The normalized spacial score (nSPS) is 16.3. The van der Waals surface area contributed by atoms with E-state index in [2.05, 4.69) is 20.8 Å². The third kappa shape index (κ3) is 12.7. The number of rotatable bonds is 13. The molecule has 1 N–H and O–H groups in total. The van der Waals surface area contributed by atoms with E-state index in [0.717, 1.165) is 5.92 Å². The van der Waals surface area contributed by atoms with E-state index in [4.69, 9.17) is 0 Å². The molecule has 0 rings (SSSR count). The van der Waals surface area contributed by atoms with E-state index in [9.17, 15) is 5.11 Å². The van der Waals surface area contributed by atoms with Gasteiger partial charge in [0.2, 0.25) is 0 Å². The first-order chi connectivity index (χ1) is 9.07. The minimum absolute atomic E-state index is 0.140. The first-order valence-electron chi connectivity index (χ1n) is 8.76. The maximum absolute atomic E-state index is 9.45. The van der Waals surface area contributed by atoms with E-state index in [1.54, 1.807) is 0 Å². The van der Waals surface area contributed by atoms with Gasteiger partial charge in [0.15, 0.2) is 0 Å². The average Bonchev–Trinajstić information content (AvgIpc) is 2.37. The van der Waals surface area contributed by atoms with Gasteiger partial charge >= 0.3 is 0 Å². The lowest BCUT2D eigenvalue weighted by molar-refractivity contribution is 0.127. The zero-order valence-electron chi connectivity index (χ0n) is 14.0. The molecule has 0 amide bonds. The zero-order valence-corrected chi connectivity index (χ0v) is 14.0. The third-order valence-electron chi connectivity index (χ3n) is 4.48. The van der Waals surface area contributed by atoms with Gasteiger partial charge in [-0.25, -0.2) is 0 Å². The van der Waals surface area contributed by atoms with Crippen molar-refractivity contribution in [2.24, 2.45) is 11.8 Å². The van der Waals surface area contributed by atoms with Crippen LogP contribution in [0.5, 0.6) is 0 Å². The van der Waals surface area contributed by atoms with Crippen LogP contribution in [-0.2, 0) is 0 Å². The fraction of sp³-hybridized carbons (Fsp3) is 1.00. The molecule has 0 aromatic carbocycles. The molecule has 0 fully saturated rings. The molecular weight excluding hydrogens is 232 g/mol. The van der Waals surface area contributed by atoms with Crippen LogP contribution in [0.25, 0.3) is 0 Å². The molecule has 1 heteroatoms. The van der Waals surface area contributed by atoms with Crippen molar-refractivity contribution < 1.29 is 5.11 Å². The molecular formula is C18H38O. The fourth-order valence-corrected chi connectivity index (χ4v) is 2.62. The summed E-state index contributed by atoms with van der Waals surface area (Å²) >= 11 is 0. The second kappa shape index (κ2) is 13.0. The standard InChI is InChI=1S/C18H38O/c1-5-6-7-8-9-10-11-13-16(2)14-12-15-17(3)18(4)19/h16-19H,5-15H2,1-4H3/t16-,17-,18-/m0/s1. The monoisotopic (exact) mass is 270 g/mol. The molecule has 0 saturated carbocycles. The Morgan fingerprint density at radius 3 is 1.79 bits per heavy atom. The van der Waals surface area contributed by atoms with E-state index in [0.29, 0.717) is 5.92 Å². The topological polar surface area (TPSA) is 20.2 Å². The van der Waals surface area contributed by atoms with Crippen molar-refractivity contribution in [2.45, 2.75) is 104 Å². The van der Waals surface area contributed by atoms with Gasteiger partial charge in [-0.05, 0) is 25.2 Å². The van der Waals surface area contributed by atoms with Gasteiger partial charge in [-0.1, -0.05) is 85.0 Å². The molecule has 0 aromatic rings. The first-order valence-corrected chi connectivity index (χ1v) is 8.76. The highest BCUT2D eigenvalue weighted by molar-refractivity contribution is 4.61. The van der Waals surface area contributed by atoms with Gasteiger partial charge in [-0.3, -0.25) is 0 Å². The van der Waals surface area contributed by atoms with E-state index in [1.165, 1.54) is 70.6 Å². The van der Waals surface area contributed by atoms with Crippen LogP contribution in [0.15, 0.2) is 0 Å². The Hall–Kier alpha value is -0.0400. The van der Waals surface area contributed by atoms with Gasteiger partial charge in [0.1, 0.15) is 0 Å². The summed E-state index contributed by atoms with van der Waals surface area (Å²) < 4.78 is 0. The molecule has 116 valence electrons. The Morgan fingerprint density at radius 2 is 1.21 bits per heavy atom. The Morgan fingerprint density at radius 1 is 0.684 bits per heavy atom. The fourth-order valence-electron chi connectivity index (χ4n) is 2.62. The van der Waals surface area contributed by atoms with Crippen molar-refractivity contribution in [3.63, 3.8) is 0 Å². The molecule has 0 radical (unpaired) electrons. The van der Waals surface area contributed by atoms with Crippen LogP contribution in [0.4, 0.5) is 0 Å². The summed E-state index contributed by atoms with van der Waals surface area (Å²) in [4.78, 5) is 0. The van der Waals surface area contributed by atoms with Crippen molar-refractivity contribution in [1.82, 2.24) is 0 Å². The Labute approximate surface area is 122 Å². The molecule has 19 heavy (non-hydrogen) atoms. The highest BCUT2D eigenvalue weighted by atomic mass is 16.3. The summed E-state index contributed by atoms with van der Waals surface area (Å²) in [6.45, 7) is 8.74. The second-order valence-electron chi connectivity index (χ2n) is 6.66. The van der Waals surface area contributed by atoms with Gasteiger partial charge in [0.05, 0.1) is 6.10 Å². The van der Waals surface area contributed by atoms with Crippen molar-refractivity contribution in [2.75, 3.05) is 0 Å². The Balaban J connectivity index is 3.28. The lowest BCUT2D eigenvalue weighted by Crippen LogP contribution is -2.13. The predicted octanol–water partition coefficient (Wildman–Crippen LogP) is 5.95. The van der Waals surface area contributed by atoms with Gasteiger partial charge < -0.3 is 5.11 Å². The summed E-state index contributed by atoms with van der Waals surface area (Å²) in [7, 11) is 0. The summed E-state index contributed by atoms with van der Waals surface area (Å²) in [5, 5.41) is 9.45. The molecule has 0 aromatic heterocycles. The van der Waals surface area contributed by atoms with E-state index in [-0.39, 0.29) is 6.10 Å². The highest BCUT2D eigenvalue weighted by Crippen LogP contribution is 2.20. The maximum atomic E-state index is 9.45. The van der Waals surface area contributed by atoms with Crippen molar-refractivity contribution >= 4 is 0 Å². The second-order valence-corrected chi connectivity index (χ2v) is 6.66. The van der Waals surface area contributed by atoms with Crippen LogP contribution in [-0.4, -0.2) is 11.2 Å². The molecule has 0 unspecified atom stereocenters. The minimum Gasteiger partial charge on any atom is -0.393 e. The third-order valence-corrected chi connectivity index (χ3v) is 4.48. The Bertz CT molecular complexity index is 177. The van der Waals surface area contributed by atoms with Crippen LogP contribution in [0.1, 0.15) is 98.3 Å². The molecule has 0 aliphatic heterocycles. The minimum atomic E-state index is -0.140. The van der Waals surface area contributed by atoms with E-state index >= 15 is 0 Å². The first kappa shape index (κ1) is 19.0. The largest absolute Gasteiger partial charge is 0.393 e. The van der Waals surface area contributed by atoms with Crippen LogP contribution >= 0.6 is 0 Å². The molecule has 0 spiro atoms. The van der Waals surface area contributed by atoms with Gasteiger partial charge in [0, 0.05) is 0 Å². The molecule has 0 heterocycles. The number of aliphatic hydroxyl groups is 1. The van der Waals surface area contributed by atoms with Crippen LogP contribution in [0.3, 0.4) is 0 Å². The Kier molecular flexibility index (Phi) is 12.9. The lowest BCUT2D eigenvalue weighted by Gasteiger charge is -2.16. The van der Waals surface area contributed by atoms with Gasteiger partial charge in [-0.15, -0.1) is 0 Å². The number of aliphatic hydroxyl groups excluding tert-OH is 1. The van der Waals surface area contributed by atoms with Gasteiger partial charge in [-0.2, -0.15) is 0 Å². The molecule has 0 aliphatic carbocycles. The number of hydrogen-bond acceptors (Lipinski definition) is 1. The van der Waals surface area contributed by atoms with Crippen LogP contribution in [0, 0.1) is 11.8 Å². The smallest absolute Gasteiger partial charge is 0.0537 e. The summed E-state index contributed by atoms with van der Waals surface area (Å²) in [5.74, 6) is 1.34. The number of unbranched alkanes of at least 4 members (excludes halogenated alkanes) is 6. The lowest BCUT2D eigenvalue weighted by atomic mass is 9.93.